The minimum absolute atomic E-state index is 0.0896. The van der Waals surface area contributed by atoms with Crippen LogP contribution in [0, 0.1) is 6.92 Å². The lowest BCUT2D eigenvalue weighted by molar-refractivity contribution is 0.0671. The van der Waals surface area contributed by atoms with E-state index in [0.717, 1.165) is 6.42 Å². The van der Waals surface area contributed by atoms with Gasteiger partial charge < -0.3 is 4.84 Å². The third-order valence-electron chi connectivity index (χ3n) is 1.84. The maximum absolute atomic E-state index is 5.06. The summed E-state index contributed by atoms with van der Waals surface area (Å²) >= 11 is 0. The second-order valence-electron chi connectivity index (χ2n) is 3.14. The van der Waals surface area contributed by atoms with Gasteiger partial charge >= 0.3 is 0 Å². The van der Waals surface area contributed by atoms with Gasteiger partial charge in [-0.25, -0.2) is 5.90 Å². The summed E-state index contributed by atoms with van der Waals surface area (Å²) in [6.45, 7) is 4.04. The predicted octanol–water partition coefficient (Wildman–Crippen LogP) is 1.82. The van der Waals surface area contributed by atoms with Crippen molar-refractivity contribution in [2.45, 2.75) is 26.4 Å². The molecule has 0 fully saturated rings. The maximum Gasteiger partial charge on any atom is 0.0799 e. The van der Waals surface area contributed by atoms with E-state index in [9.17, 15) is 0 Å². The molecule has 0 aliphatic carbocycles. The molecule has 1 aromatic rings. The Morgan fingerprint density at radius 1 is 1.50 bits per heavy atom. The molecule has 1 atom stereocenters. The predicted molar refractivity (Wildman–Crippen MR) is 49.6 cm³/mol. The third-order valence-corrected chi connectivity index (χ3v) is 1.84. The molecule has 1 aromatic carbocycles. The first-order chi connectivity index (χ1) is 5.72. The van der Waals surface area contributed by atoms with Crippen LogP contribution in [-0.2, 0) is 11.3 Å². The normalized spacial score (nSPS) is 12.9. The molecule has 0 radical (unpaired) electrons. The minimum Gasteiger partial charge on any atom is -0.301 e. The highest BCUT2D eigenvalue weighted by molar-refractivity contribution is 5.22. The fourth-order valence-electron chi connectivity index (χ4n) is 1.22. The Balaban J connectivity index is 2.63. The number of nitrogens with two attached hydrogens (primary N) is 1. The van der Waals surface area contributed by atoms with E-state index in [-0.39, 0.29) is 6.10 Å². The third kappa shape index (κ3) is 2.64. The van der Waals surface area contributed by atoms with Crippen LogP contribution < -0.4 is 5.90 Å². The minimum atomic E-state index is 0.0896. The van der Waals surface area contributed by atoms with Crippen molar-refractivity contribution < 1.29 is 4.84 Å². The summed E-state index contributed by atoms with van der Waals surface area (Å²) in [6.07, 6.45) is 0.963. The monoisotopic (exact) mass is 165 g/mol. The summed E-state index contributed by atoms with van der Waals surface area (Å²) < 4.78 is 0. The summed E-state index contributed by atoms with van der Waals surface area (Å²) in [5.41, 5.74) is 2.55. The lowest BCUT2D eigenvalue weighted by atomic mass is 10.1. The molecular formula is C10H15NO. The van der Waals surface area contributed by atoms with E-state index >= 15 is 0 Å². The first-order valence-corrected chi connectivity index (χ1v) is 4.13. The summed E-state index contributed by atoms with van der Waals surface area (Å²) in [4.78, 5) is 4.69. The highest BCUT2D eigenvalue weighted by Crippen LogP contribution is 2.07. The summed E-state index contributed by atoms with van der Waals surface area (Å²) in [6, 6.07) is 8.36. The van der Waals surface area contributed by atoms with E-state index in [1.54, 1.807) is 0 Å². The van der Waals surface area contributed by atoms with Crippen molar-refractivity contribution in [3.05, 3.63) is 35.4 Å². The zero-order valence-corrected chi connectivity index (χ0v) is 7.58. The Hall–Kier alpha value is -0.860. The summed E-state index contributed by atoms with van der Waals surface area (Å²) in [7, 11) is 0. The van der Waals surface area contributed by atoms with Crippen LogP contribution in [0.15, 0.2) is 24.3 Å². The smallest absolute Gasteiger partial charge is 0.0799 e. The van der Waals surface area contributed by atoms with Gasteiger partial charge in [-0.15, -0.1) is 0 Å². The van der Waals surface area contributed by atoms with Crippen LogP contribution in [0.4, 0.5) is 0 Å². The lowest BCUT2D eigenvalue weighted by Gasteiger charge is -2.08. The van der Waals surface area contributed by atoms with E-state index in [4.69, 9.17) is 10.7 Å². The first kappa shape index (κ1) is 9.23. The molecule has 1 unspecified atom stereocenters. The number of aryl methyl sites for hydroxylation is 1. The number of benzene rings is 1. The second kappa shape index (κ2) is 4.24. The molecule has 2 nitrogen and oxygen atoms in total. The molecule has 0 aliphatic rings. The molecule has 0 aliphatic heterocycles. The summed E-state index contributed by atoms with van der Waals surface area (Å²) in [5, 5.41) is 0. The molecule has 0 amide bonds. The Labute approximate surface area is 73.3 Å². The van der Waals surface area contributed by atoms with Gasteiger partial charge in [0.15, 0.2) is 0 Å². The van der Waals surface area contributed by atoms with E-state index in [2.05, 4.69) is 25.1 Å². The largest absolute Gasteiger partial charge is 0.301 e. The van der Waals surface area contributed by atoms with E-state index in [1.807, 2.05) is 13.0 Å². The van der Waals surface area contributed by atoms with Crippen molar-refractivity contribution >= 4 is 0 Å². The fourth-order valence-corrected chi connectivity index (χ4v) is 1.22. The molecule has 0 saturated carbocycles. The topological polar surface area (TPSA) is 35.2 Å². The SMILES string of the molecule is Cc1cccc(CC(C)ON)c1. The molecular weight excluding hydrogens is 150 g/mol. The van der Waals surface area contributed by atoms with Crippen molar-refractivity contribution in [3.63, 3.8) is 0 Å². The van der Waals surface area contributed by atoms with Crippen molar-refractivity contribution in [1.82, 2.24) is 0 Å². The van der Waals surface area contributed by atoms with Gasteiger partial charge in [-0.05, 0) is 19.4 Å². The quantitative estimate of drug-likeness (QED) is 0.693. The van der Waals surface area contributed by atoms with E-state index < -0.39 is 0 Å². The molecule has 12 heavy (non-hydrogen) atoms. The average molecular weight is 165 g/mol. The molecule has 0 bridgehead atoms. The highest BCUT2D eigenvalue weighted by atomic mass is 16.6. The van der Waals surface area contributed by atoms with Crippen LogP contribution in [0.5, 0.6) is 0 Å². The zero-order valence-electron chi connectivity index (χ0n) is 7.58. The molecule has 2 N–H and O–H groups in total. The van der Waals surface area contributed by atoms with Crippen molar-refractivity contribution in [3.8, 4) is 0 Å². The standard InChI is InChI=1S/C10H15NO/c1-8-4-3-5-10(6-8)7-9(2)12-11/h3-6,9H,7,11H2,1-2H3. The van der Waals surface area contributed by atoms with Crippen LogP contribution >= 0.6 is 0 Å². The van der Waals surface area contributed by atoms with Gasteiger partial charge in [0.25, 0.3) is 0 Å². The van der Waals surface area contributed by atoms with Gasteiger partial charge in [0.05, 0.1) is 6.10 Å². The number of hydrogen-bond acceptors (Lipinski definition) is 2. The van der Waals surface area contributed by atoms with E-state index in [0.29, 0.717) is 0 Å². The van der Waals surface area contributed by atoms with Gasteiger partial charge in [0, 0.05) is 6.42 Å². The van der Waals surface area contributed by atoms with Crippen LogP contribution in [0.3, 0.4) is 0 Å². The molecule has 0 saturated heterocycles. The van der Waals surface area contributed by atoms with E-state index in [1.165, 1.54) is 11.1 Å². The second-order valence-corrected chi connectivity index (χ2v) is 3.14. The molecule has 66 valence electrons. The maximum atomic E-state index is 5.06. The van der Waals surface area contributed by atoms with Crippen LogP contribution in [-0.4, -0.2) is 6.10 Å². The van der Waals surface area contributed by atoms with Crippen molar-refractivity contribution in [2.75, 3.05) is 0 Å². The Bertz CT molecular complexity index is 247. The number of hydrogen-bond donors (Lipinski definition) is 1. The van der Waals surface area contributed by atoms with Crippen LogP contribution in [0.1, 0.15) is 18.1 Å². The fraction of sp³-hybridized carbons (Fsp3) is 0.400. The van der Waals surface area contributed by atoms with Crippen LogP contribution in [0.2, 0.25) is 0 Å². The Morgan fingerprint density at radius 2 is 2.25 bits per heavy atom. The lowest BCUT2D eigenvalue weighted by Crippen LogP contribution is -2.15. The van der Waals surface area contributed by atoms with Gasteiger partial charge in [-0.3, -0.25) is 0 Å². The highest BCUT2D eigenvalue weighted by Gasteiger charge is 2.01. The molecule has 0 spiro atoms. The Morgan fingerprint density at radius 3 is 2.83 bits per heavy atom. The molecule has 0 aromatic heterocycles. The van der Waals surface area contributed by atoms with Gasteiger partial charge in [-0.2, -0.15) is 0 Å². The van der Waals surface area contributed by atoms with Gasteiger partial charge in [0.1, 0.15) is 0 Å². The van der Waals surface area contributed by atoms with Gasteiger partial charge in [0.2, 0.25) is 0 Å². The number of rotatable bonds is 3. The first-order valence-electron chi connectivity index (χ1n) is 4.13. The molecule has 0 heterocycles. The summed E-state index contributed by atoms with van der Waals surface area (Å²) in [5.74, 6) is 5.06. The Kier molecular flexibility index (Phi) is 3.26. The van der Waals surface area contributed by atoms with Crippen molar-refractivity contribution in [1.29, 1.82) is 0 Å². The van der Waals surface area contributed by atoms with Gasteiger partial charge in [-0.1, -0.05) is 29.8 Å². The van der Waals surface area contributed by atoms with Crippen LogP contribution in [0.25, 0.3) is 0 Å². The molecule has 2 heteroatoms. The zero-order chi connectivity index (χ0) is 8.97. The molecule has 1 rings (SSSR count). The average Bonchev–Trinajstić information content (AvgIpc) is 2.04. The van der Waals surface area contributed by atoms with Crippen molar-refractivity contribution in [2.24, 2.45) is 5.90 Å².